The number of nitrogens with one attached hydrogen (secondary N) is 1. The molecule has 1 atom stereocenters. The van der Waals surface area contributed by atoms with E-state index in [2.05, 4.69) is 31.6 Å². The van der Waals surface area contributed by atoms with Crippen molar-refractivity contribution in [2.75, 3.05) is 7.05 Å². The van der Waals surface area contributed by atoms with E-state index in [1.54, 1.807) is 11.3 Å². The molecule has 0 aliphatic carbocycles. The molecule has 1 N–H and O–H groups in total. The Morgan fingerprint density at radius 2 is 2.21 bits per heavy atom. The number of aryl methyl sites for hydroxylation is 1. The van der Waals surface area contributed by atoms with Crippen LogP contribution < -0.4 is 5.32 Å². The Hall–Kier alpha value is -0.780. The van der Waals surface area contributed by atoms with Gasteiger partial charge in [-0.1, -0.05) is 6.07 Å². The highest BCUT2D eigenvalue weighted by atomic mass is 79.9. The Bertz CT molecular complexity index is 556. The van der Waals surface area contributed by atoms with Gasteiger partial charge < -0.3 is 5.32 Å². The molecule has 0 amide bonds. The van der Waals surface area contributed by atoms with Crippen molar-refractivity contribution in [1.82, 2.24) is 10.3 Å². The van der Waals surface area contributed by atoms with E-state index in [0.29, 0.717) is 10.5 Å². The second kappa shape index (κ2) is 6.59. The van der Waals surface area contributed by atoms with E-state index in [9.17, 15) is 4.39 Å². The van der Waals surface area contributed by atoms with Crippen LogP contribution in [-0.4, -0.2) is 18.1 Å². The predicted molar refractivity (Wildman–Crippen MR) is 81.2 cm³/mol. The molecule has 1 aromatic heterocycles. The van der Waals surface area contributed by atoms with Gasteiger partial charge in [-0.15, -0.1) is 11.3 Å². The van der Waals surface area contributed by atoms with Gasteiger partial charge in [-0.2, -0.15) is 0 Å². The lowest BCUT2D eigenvalue weighted by Gasteiger charge is -2.15. The van der Waals surface area contributed by atoms with E-state index >= 15 is 0 Å². The van der Waals surface area contributed by atoms with Crippen LogP contribution in [0.5, 0.6) is 0 Å². The maximum Gasteiger partial charge on any atom is 0.137 e. The molecule has 0 bridgehead atoms. The van der Waals surface area contributed by atoms with E-state index in [1.807, 2.05) is 26.1 Å². The van der Waals surface area contributed by atoms with Crippen molar-refractivity contribution >= 4 is 27.3 Å². The number of benzene rings is 1. The summed E-state index contributed by atoms with van der Waals surface area (Å²) in [5.74, 6) is -0.222. The van der Waals surface area contributed by atoms with E-state index in [0.717, 1.165) is 29.1 Å². The summed E-state index contributed by atoms with van der Waals surface area (Å²) in [5.41, 5.74) is 2.22. The average molecular weight is 343 g/mol. The molecule has 1 aromatic carbocycles. The minimum absolute atomic E-state index is 0.222. The summed E-state index contributed by atoms with van der Waals surface area (Å²) in [6, 6.07) is 5.47. The number of nitrogens with zero attached hydrogens (tertiary/aromatic N) is 1. The molecule has 1 heterocycles. The zero-order valence-electron chi connectivity index (χ0n) is 10.9. The maximum atomic E-state index is 13.2. The molecular weight excluding hydrogens is 327 g/mol. The zero-order valence-corrected chi connectivity index (χ0v) is 13.3. The van der Waals surface area contributed by atoms with Gasteiger partial charge in [-0.25, -0.2) is 9.37 Å². The SMILES string of the molecule is CNC(Cc1ccc(F)c(Br)c1)Cc1csc(C)n1. The Balaban J connectivity index is 2.04. The molecule has 2 rings (SSSR count). The van der Waals surface area contributed by atoms with Gasteiger partial charge in [0.1, 0.15) is 5.82 Å². The van der Waals surface area contributed by atoms with E-state index in [-0.39, 0.29) is 5.82 Å². The lowest BCUT2D eigenvalue weighted by molar-refractivity contribution is 0.549. The molecule has 0 fully saturated rings. The Kier molecular flexibility index (Phi) is 5.07. The third kappa shape index (κ3) is 4.09. The summed E-state index contributed by atoms with van der Waals surface area (Å²) in [6.45, 7) is 2.01. The molecule has 0 saturated carbocycles. The smallest absolute Gasteiger partial charge is 0.137 e. The van der Waals surface area contributed by atoms with Crippen LogP contribution >= 0.6 is 27.3 Å². The molecule has 2 nitrogen and oxygen atoms in total. The molecule has 19 heavy (non-hydrogen) atoms. The van der Waals surface area contributed by atoms with Gasteiger partial charge in [0.05, 0.1) is 15.2 Å². The molecule has 1 unspecified atom stereocenters. The fourth-order valence-corrected chi connectivity index (χ4v) is 3.03. The normalized spacial score (nSPS) is 12.6. The van der Waals surface area contributed by atoms with Crippen molar-refractivity contribution in [2.24, 2.45) is 0 Å². The highest BCUT2D eigenvalue weighted by Gasteiger charge is 2.11. The van der Waals surface area contributed by atoms with E-state index < -0.39 is 0 Å². The van der Waals surface area contributed by atoms with Crippen LogP contribution in [0.4, 0.5) is 4.39 Å². The highest BCUT2D eigenvalue weighted by molar-refractivity contribution is 9.10. The summed E-state index contributed by atoms with van der Waals surface area (Å²) in [5, 5.41) is 6.49. The van der Waals surface area contributed by atoms with Crippen LogP contribution in [0.25, 0.3) is 0 Å². The van der Waals surface area contributed by atoms with Crippen LogP contribution in [0.15, 0.2) is 28.1 Å². The molecule has 0 radical (unpaired) electrons. The molecule has 0 spiro atoms. The number of rotatable bonds is 5. The van der Waals surface area contributed by atoms with Crippen molar-refractivity contribution < 1.29 is 4.39 Å². The van der Waals surface area contributed by atoms with Crippen LogP contribution in [-0.2, 0) is 12.8 Å². The highest BCUT2D eigenvalue weighted by Crippen LogP contribution is 2.19. The third-order valence-corrected chi connectivity index (χ3v) is 4.43. The van der Waals surface area contributed by atoms with Gasteiger partial charge in [0, 0.05) is 17.8 Å². The van der Waals surface area contributed by atoms with Crippen molar-refractivity contribution in [3.63, 3.8) is 0 Å². The summed E-state index contributed by atoms with van der Waals surface area (Å²) in [4.78, 5) is 4.48. The lowest BCUT2D eigenvalue weighted by atomic mass is 10.0. The number of halogens is 2. The van der Waals surface area contributed by atoms with Gasteiger partial charge in [-0.3, -0.25) is 0 Å². The number of likely N-dealkylation sites (N-methyl/N-ethyl adjacent to an activating group) is 1. The molecule has 0 aliphatic heterocycles. The number of hydrogen-bond acceptors (Lipinski definition) is 3. The number of aromatic nitrogens is 1. The minimum atomic E-state index is -0.222. The molecule has 0 aliphatic rings. The number of hydrogen-bond donors (Lipinski definition) is 1. The quantitative estimate of drug-likeness (QED) is 0.895. The second-order valence-corrected chi connectivity index (χ2v) is 6.42. The lowest BCUT2D eigenvalue weighted by Crippen LogP contribution is -2.30. The fraction of sp³-hybridized carbons (Fsp3) is 0.357. The Morgan fingerprint density at radius 3 is 2.79 bits per heavy atom. The second-order valence-electron chi connectivity index (χ2n) is 4.50. The van der Waals surface area contributed by atoms with Gasteiger partial charge >= 0.3 is 0 Å². The molecule has 102 valence electrons. The largest absolute Gasteiger partial charge is 0.316 e. The van der Waals surface area contributed by atoms with Gasteiger partial charge in [-0.05, 0) is 54.0 Å². The van der Waals surface area contributed by atoms with Crippen molar-refractivity contribution in [1.29, 1.82) is 0 Å². The van der Waals surface area contributed by atoms with Crippen LogP contribution in [0.3, 0.4) is 0 Å². The zero-order chi connectivity index (χ0) is 13.8. The maximum absolute atomic E-state index is 13.2. The first kappa shape index (κ1) is 14.6. The topological polar surface area (TPSA) is 24.9 Å². The first-order chi connectivity index (χ1) is 9.08. The van der Waals surface area contributed by atoms with Crippen molar-refractivity contribution in [3.8, 4) is 0 Å². The molecule has 2 aromatic rings. The average Bonchev–Trinajstić information content (AvgIpc) is 2.78. The van der Waals surface area contributed by atoms with Crippen molar-refractivity contribution in [2.45, 2.75) is 25.8 Å². The number of thiazole rings is 1. The first-order valence-electron chi connectivity index (χ1n) is 6.10. The Morgan fingerprint density at radius 1 is 1.42 bits per heavy atom. The molecule has 5 heteroatoms. The van der Waals surface area contributed by atoms with Gasteiger partial charge in [0.2, 0.25) is 0 Å². The summed E-state index contributed by atoms with van der Waals surface area (Å²) in [6.07, 6.45) is 1.74. The van der Waals surface area contributed by atoms with Crippen LogP contribution in [0.2, 0.25) is 0 Å². The Labute approximate surface area is 125 Å². The van der Waals surface area contributed by atoms with Crippen LogP contribution in [0.1, 0.15) is 16.3 Å². The molecular formula is C14H16BrFN2S. The summed E-state index contributed by atoms with van der Waals surface area (Å²) in [7, 11) is 1.95. The van der Waals surface area contributed by atoms with E-state index in [4.69, 9.17) is 0 Å². The predicted octanol–water partition coefficient (Wildman–Crippen LogP) is 3.73. The first-order valence-corrected chi connectivity index (χ1v) is 7.78. The van der Waals surface area contributed by atoms with Crippen molar-refractivity contribution in [3.05, 3.63) is 50.1 Å². The minimum Gasteiger partial charge on any atom is -0.316 e. The van der Waals surface area contributed by atoms with Crippen LogP contribution in [0, 0.1) is 12.7 Å². The van der Waals surface area contributed by atoms with Gasteiger partial charge in [0.25, 0.3) is 0 Å². The monoisotopic (exact) mass is 342 g/mol. The molecule has 0 saturated heterocycles. The van der Waals surface area contributed by atoms with E-state index in [1.165, 1.54) is 6.07 Å². The standard InChI is InChI=1S/C14H16BrFN2S/c1-9-18-12(8-19-9)7-11(17-2)5-10-3-4-14(16)13(15)6-10/h3-4,6,8,11,17H,5,7H2,1-2H3. The summed E-state index contributed by atoms with van der Waals surface area (Å²) >= 11 is 4.89. The summed E-state index contributed by atoms with van der Waals surface area (Å²) < 4.78 is 13.7. The third-order valence-electron chi connectivity index (χ3n) is 3.00. The van der Waals surface area contributed by atoms with Gasteiger partial charge in [0.15, 0.2) is 0 Å². The fourth-order valence-electron chi connectivity index (χ4n) is 1.98.